The highest BCUT2D eigenvalue weighted by Gasteiger charge is 2.28. The molecule has 1 fully saturated rings. The fourth-order valence-electron chi connectivity index (χ4n) is 2.48. The summed E-state index contributed by atoms with van der Waals surface area (Å²) >= 11 is 0. The van der Waals surface area contributed by atoms with Gasteiger partial charge in [0.1, 0.15) is 6.29 Å². The lowest BCUT2D eigenvalue weighted by Gasteiger charge is -2.12. The first-order chi connectivity index (χ1) is 7.81. The lowest BCUT2D eigenvalue weighted by molar-refractivity contribution is -0.111. The number of carbonyl (C=O) groups excluding carboxylic acids is 2. The van der Waals surface area contributed by atoms with Crippen molar-refractivity contribution in [2.75, 3.05) is 0 Å². The Kier molecular flexibility index (Phi) is 3.50. The minimum atomic E-state index is 0.104. The van der Waals surface area contributed by atoms with Crippen LogP contribution in [0.3, 0.4) is 0 Å². The third-order valence-corrected chi connectivity index (χ3v) is 3.44. The molecule has 1 saturated carbocycles. The molecule has 1 aliphatic carbocycles. The molecular weight excluding hydrogens is 200 g/mol. The van der Waals surface area contributed by atoms with E-state index in [1.54, 1.807) is 0 Å². The molecule has 0 amide bonds. The van der Waals surface area contributed by atoms with Crippen LogP contribution >= 0.6 is 0 Å². The van der Waals surface area contributed by atoms with Crippen molar-refractivity contribution in [3.63, 3.8) is 0 Å². The number of hydrogen-bond acceptors (Lipinski definition) is 2. The summed E-state index contributed by atoms with van der Waals surface area (Å²) in [6.45, 7) is 0. The lowest BCUT2D eigenvalue weighted by Crippen LogP contribution is -2.14. The topological polar surface area (TPSA) is 34.1 Å². The zero-order valence-corrected chi connectivity index (χ0v) is 9.26. The van der Waals surface area contributed by atoms with Gasteiger partial charge in [-0.25, -0.2) is 0 Å². The quantitative estimate of drug-likeness (QED) is 0.573. The van der Waals surface area contributed by atoms with Gasteiger partial charge in [-0.15, -0.1) is 0 Å². The van der Waals surface area contributed by atoms with Crippen LogP contribution in [0.1, 0.15) is 36.0 Å². The number of rotatable bonds is 4. The largest absolute Gasteiger partial charge is 0.303 e. The Morgan fingerprint density at radius 3 is 2.69 bits per heavy atom. The van der Waals surface area contributed by atoms with Gasteiger partial charge in [0, 0.05) is 17.9 Å². The van der Waals surface area contributed by atoms with Gasteiger partial charge in [0.2, 0.25) is 0 Å². The van der Waals surface area contributed by atoms with Gasteiger partial charge in [-0.3, -0.25) is 4.79 Å². The Labute approximate surface area is 95.7 Å². The second kappa shape index (κ2) is 5.06. The van der Waals surface area contributed by atoms with Gasteiger partial charge >= 0.3 is 0 Å². The molecule has 1 aromatic carbocycles. The van der Waals surface area contributed by atoms with E-state index >= 15 is 0 Å². The van der Waals surface area contributed by atoms with Gasteiger partial charge in [0.25, 0.3) is 0 Å². The molecule has 0 bridgehead atoms. The average Bonchev–Trinajstić information content (AvgIpc) is 2.77. The van der Waals surface area contributed by atoms with E-state index in [-0.39, 0.29) is 17.6 Å². The molecular formula is C14H16O2. The van der Waals surface area contributed by atoms with Gasteiger partial charge in [-0.05, 0) is 18.8 Å². The Hall–Kier alpha value is -1.44. The first kappa shape index (κ1) is 11.1. The van der Waals surface area contributed by atoms with E-state index in [4.69, 9.17) is 0 Å². The second-order valence-electron chi connectivity index (χ2n) is 4.48. The van der Waals surface area contributed by atoms with E-state index in [2.05, 4.69) is 0 Å². The predicted molar refractivity (Wildman–Crippen MR) is 62.3 cm³/mol. The summed E-state index contributed by atoms with van der Waals surface area (Å²) in [5.74, 6) is 0.539. The number of benzene rings is 1. The molecule has 0 N–H and O–H groups in total. The highest BCUT2D eigenvalue weighted by atomic mass is 16.1. The number of Topliss-reactive ketones (excluding diaryl/α,β-unsaturated/α-hetero) is 1. The van der Waals surface area contributed by atoms with Gasteiger partial charge < -0.3 is 4.79 Å². The maximum absolute atomic E-state index is 11.9. The molecule has 0 heterocycles. The van der Waals surface area contributed by atoms with E-state index in [0.717, 1.165) is 31.1 Å². The molecule has 2 heteroatoms. The molecule has 0 radical (unpaired) electrons. The van der Waals surface area contributed by atoms with Crippen molar-refractivity contribution in [1.29, 1.82) is 0 Å². The monoisotopic (exact) mass is 216 g/mol. The van der Waals surface area contributed by atoms with Crippen molar-refractivity contribution in [3.8, 4) is 0 Å². The standard InChI is InChI=1S/C14H16O2/c15-10-13-8-4-7-12(13)9-14(16)11-5-2-1-3-6-11/h1-3,5-6,10,12-13H,4,7-9H2. The Morgan fingerprint density at radius 1 is 1.25 bits per heavy atom. The number of hydrogen-bond donors (Lipinski definition) is 0. The second-order valence-corrected chi connectivity index (χ2v) is 4.48. The van der Waals surface area contributed by atoms with Crippen molar-refractivity contribution in [1.82, 2.24) is 0 Å². The Balaban J connectivity index is 2.00. The molecule has 0 spiro atoms. The fraction of sp³-hybridized carbons (Fsp3) is 0.429. The molecule has 1 aliphatic rings. The van der Waals surface area contributed by atoms with Crippen molar-refractivity contribution >= 4 is 12.1 Å². The van der Waals surface area contributed by atoms with E-state index < -0.39 is 0 Å². The molecule has 84 valence electrons. The third-order valence-electron chi connectivity index (χ3n) is 3.44. The molecule has 0 aliphatic heterocycles. The Bertz CT molecular complexity index is 370. The van der Waals surface area contributed by atoms with Crippen molar-refractivity contribution in [2.45, 2.75) is 25.7 Å². The van der Waals surface area contributed by atoms with Crippen LogP contribution in [-0.4, -0.2) is 12.1 Å². The van der Waals surface area contributed by atoms with Crippen molar-refractivity contribution in [3.05, 3.63) is 35.9 Å². The van der Waals surface area contributed by atoms with Crippen LogP contribution in [0, 0.1) is 11.8 Å². The zero-order valence-electron chi connectivity index (χ0n) is 9.26. The molecule has 0 saturated heterocycles. The molecule has 2 unspecified atom stereocenters. The molecule has 2 nitrogen and oxygen atoms in total. The average molecular weight is 216 g/mol. The minimum Gasteiger partial charge on any atom is -0.303 e. The van der Waals surface area contributed by atoms with Crippen LogP contribution in [0.4, 0.5) is 0 Å². The van der Waals surface area contributed by atoms with Crippen molar-refractivity contribution in [2.24, 2.45) is 11.8 Å². The summed E-state index contributed by atoms with van der Waals surface area (Å²) < 4.78 is 0. The van der Waals surface area contributed by atoms with Crippen LogP contribution < -0.4 is 0 Å². The van der Waals surface area contributed by atoms with E-state index in [1.165, 1.54) is 0 Å². The minimum absolute atomic E-state index is 0.104. The SMILES string of the molecule is O=CC1CCCC1CC(=O)c1ccccc1. The van der Waals surface area contributed by atoms with Crippen LogP contribution in [-0.2, 0) is 4.79 Å². The summed E-state index contributed by atoms with van der Waals surface area (Å²) in [7, 11) is 0. The molecule has 16 heavy (non-hydrogen) atoms. The highest BCUT2D eigenvalue weighted by molar-refractivity contribution is 5.96. The van der Waals surface area contributed by atoms with Gasteiger partial charge in [0.05, 0.1) is 0 Å². The smallest absolute Gasteiger partial charge is 0.163 e. The summed E-state index contributed by atoms with van der Waals surface area (Å²) in [5, 5.41) is 0. The molecule has 2 rings (SSSR count). The lowest BCUT2D eigenvalue weighted by atomic mass is 9.90. The first-order valence-electron chi connectivity index (χ1n) is 5.85. The molecule has 1 aromatic rings. The fourth-order valence-corrected chi connectivity index (χ4v) is 2.48. The van der Waals surface area contributed by atoms with Crippen LogP contribution in [0.2, 0.25) is 0 Å². The molecule has 2 atom stereocenters. The number of aldehydes is 1. The normalized spacial score (nSPS) is 24.2. The summed E-state index contributed by atoms with van der Waals surface area (Å²) in [6, 6.07) is 9.33. The summed E-state index contributed by atoms with van der Waals surface area (Å²) in [5.41, 5.74) is 0.763. The maximum Gasteiger partial charge on any atom is 0.163 e. The van der Waals surface area contributed by atoms with E-state index in [1.807, 2.05) is 30.3 Å². The van der Waals surface area contributed by atoms with Crippen molar-refractivity contribution < 1.29 is 9.59 Å². The van der Waals surface area contributed by atoms with Crippen LogP contribution in [0.15, 0.2) is 30.3 Å². The molecule has 0 aromatic heterocycles. The maximum atomic E-state index is 11.9. The van der Waals surface area contributed by atoms with E-state index in [9.17, 15) is 9.59 Å². The third kappa shape index (κ3) is 2.38. The highest BCUT2D eigenvalue weighted by Crippen LogP contribution is 2.33. The zero-order chi connectivity index (χ0) is 11.4. The summed E-state index contributed by atoms with van der Waals surface area (Å²) in [6.07, 6.45) is 4.59. The van der Waals surface area contributed by atoms with Gasteiger partial charge in [-0.1, -0.05) is 36.8 Å². The Morgan fingerprint density at radius 2 is 2.00 bits per heavy atom. The number of ketones is 1. The first-order valence-corrected chi connectivity index (χ1v) is 5.85. The van der Waals surface area contributed by atoms with Crippen LogP contribution in [0.5, 0.6) is 0 Å². The summed E-state index contributed by atoms with van der Waals surface area (Å²) in [4.78, 5) is 22.8. The van der Waals surface area contributed by atoms with E-state index in [0.29, 0.717) is 6.42 Å². The predicted octanol–water partition coefficient (Wildman–Crippen LogP) is 2.87. The van der Waals surface area contributed by atoms with Gasteiger partial charge in [0.15, 0.2) is 5.78 Å². The van der Waals surface area contributed by atoms with Gasteiger partial charge in [-0.2, -0.15) is 0 Å². The van der Waals surface area contributed by atoms with Crippen LogP contribution in [0.25, 0.3) is 0 Å². The number of carbonyl (C=O) groups is 2.